The van der Waals surface area contributed by atoms with E-state index < -0.39 is 5.41 Å². The van der Waals surface area contributed by atoms with Gasteiger partial charge in [0.25, 0.3) is 0 Å². The lowest BCUT2D eigenvalue weighted by Crippen LogP contribution is -2.43. The van der Waals surface area contributed by atoms with Gasteiger partial charge in [0.15, 0.2) is 11.6 Å². The molecule has 1 spiro atoms. The minimum Gasteiger partial charge on any atom is -0.456 e. The fourth-order valence-corrected chi connectivity index (χ4v) is 13.2. The highest BCUT2D eigenvalue weighted by atomic mass is 16.3. The van der Waals surface area contributed by atoms with E-state index in [-0.39, 0.29) is 23.5 Å². The molecule has 3 heterocycles. The Morgan fingerprint density at radius 2 is 1.16 bits per heavy atom. The SMILES string of the molecule is O=C1c2cc3c(cc2C2CCC1CC2)c1cc(-c2cccc4oc5ccccc5c24)cc2c4cc5c(cc4n3c12)C(=O)C1c2ccccc2C2c3ccccc3C512. The Morgan fingerprint density at radius 3 is 1.98 bits per heavy atom. The number of furan rings is 1. The van der Waals surface area contributed by atoms with Crippen LogP contribution in [0.2, 0.25) is 0 Å². The van der Waals surface area contributed by atoms with Crippen molar-refractivity contribution >= 4 is 71.6 Å². The number of nitrogens with zero attached hydrogens (tertiary/aromatic N) is 1. The third kappa shape index (κ3) is 3.21. The van der Waals surface area contributed by atoms with E-state index >= 15 is 4.79 Å². The first-order valence-corrected chi connectivity index (χ1v) is 20.6. The molecule has 2 bridgehead atoms. The number of benzene rings is 7. The molecule has 0 amide bonds. The number of Topliss-reactive ketones (excluding diaryl/α,β-unsaturated/α-hetero) is 2. The number of hydrogen-bond donors (Lipinski definition) is 0. The van der Waals surface area contributed by atoms with Crippen LogP contribution >= 0.6 is 0 Å². The second-order valence-corrected chi connectivity index (χ2v) is 17.6. The third-order valence-electron chi connectivity index (χ3n) is 15.4. The summed E-state index contributed by atoms with van der Waals surface area (Å²) in [7, 11) is 0. The van der Waals surface area contributed by atoms with Crippen molar-refractivity contribution in [3.8, 4) is 11.1 Å². The number of rotatable bonds is 1. The number of ketones is 2. The lowest BCUT2D eigenvalue weighted by molar-refractivity contribution is 0.0897. The van der Waals surface area contributed by atoms with Gasteiger partial charge in [-0.05, 0) is 125 Å². The highest BCUT2D eigenvalue weighted by Crippen LogP contribution is 2.73. The van der Waals surface area contributed by atoms with E-state index in [1.54, 1.807) is 0 Å². The molecule has 268 valence electrons. The molecule has 0 aliphatic heterocycles. The number of carbonyl (C=O) groups is 2. The van der Waals surface area contributed by atoms with Crippen molar-refractivity contribution in [1.82, 2.24) is 4.40 Å². The molecule has 0 radical (unpaired) electrons. The van der Waals surface area contributed by atoms with E-state index in [0.717, 1.165) is 97.4 Å². The Bertz CT molecular complexity index is 3550. The fraction of sp³-hybridized carbons (Fsp3) is 0.170. The predicted molar refractivity (Wildman–Crippen MR) is 225 cm³/mol. The molecule has 1 fully saturated rings. The van der Waals surface area contributed by atoms with Crippen molar-refractivity contribution in [1.29, 1.82) is 0 Å². The van der Waals surface area contributed by atoms with Gasteiger partial charge in [-0.25, -0.2) is 0 Å². The molecule has 4 nitrogen and oxygen atoms in total. The second kappa shape index (κ2) is 9.70. The Balaban J connectivity index is 1.09. The third-order valence-corrected chi connectivity index (χ3v) is 15.4. The van der Waals surface area contributed by atoms with Gasteiger partial charge in [-0.2, -0.15) is 0 Å². The van der Waals surface area contributed by atoms with Gasteiger partial charge in [-0.3, -0.25) is 9.59 Å². The first kappa shape index (κ1) is 29.7. The van der Waals surface area contributed by atoms with E-state index in [1.807, 2.05) is 12.1 Å². The Labute approximate surface area is 326 Å². The topological polar surface area (TPSA) is 51.7 Å². The minimum atomic E-state index is -0.415. The normalized spacial score (nSPS) is 24.0. The van der Waals surface area contributed by atoms with Gasteiger partial charge in [0.2, 0.25) is 0 Å². The van der Waals surface area contributed by atoms with Crippen LogP contribution in [0.3, 0.4) is 0 Å². The monoisotopic (exact) mass is 731 g/mol. The van der Waals surface area contributed by atoms with Crippen LogP contribution in [0.25, 0.3) is 71.2 Å². The standard InChI is InChI=1S/C53H33NO3/c55-51-27-18-16-26(17-19-27)34-22-35-37-20-28(29-12-7-15-46-47(29)33-11-4-6-14-45(33)57-46)21-38-36-23-42-40(25-44(36)54(50(37)38)43(35)24-39(34)51)52(56)49-31-9-2-1-8-30(31)48-32-10-3-5-13-41(32)53(42,48)49/h1-15,20-27,48-49H,16-19H2. The lowest BCUT2D eigenvalue weighted by Gasteiger charge is -2.48. The van der Waals surface area contributed by atoms with Crippen LogP contribution in [-0.4, -0.2) is 16.0 Å². The summed E-state index contributed by atoms with van der Waals surface area (Å²) < 4.78 is 8.80. The molecule has 0 N–H and O–H groups in total. The zero-order valence-electron chi connectivity index (χ0n) is 30.9. The maximum absolute atomic E-state index is 15.1. The van der Waals surface area contributed by atoms with Crippen LogP contribution in [0.4, 0.5) is 0 Å². The summed E-state index contributed by atoms with van der Waals surface area (Å²) in [6.07, 6.45) is 4.11. The average molecular weight is 732 g/mol. The molecule has 10 aromatic rings. The number of fused-ring (bicyclic) bond motifs is 17. The molecule has 3 unspecified atom stereocenters. The molecule has 6 aliphatic rings. The van der Waals surface area contributed by atoms with Crippen LogP contribution in [0.5, 0.6) is 0 Å². The maximum Gasteiger partial charge on any atom is 0.171 e. The molecule has 16 rings (SSSR count). The molecule has 3 atom stereocenters. The summed E-state index contributed by atoms with van der Waals surface area (Å²) in [6, 6.07) is 46.2. The Morgan fingerprint density at radius 1 is 0.491 bits per heavy atom. The van der Waals surface area contributed by atoms with E-state index in [9.17, 15) is 4.79 Å². The van der Waals surface area contributed by atoms with Gasteiger partial charge in [0.1, 0.15) is 11.2 Å². The zero-order valence-corrected chi connectivity index (χ0v) is 30.9. The molecule has 0 saturated heterocycles. The quantitative estimate of drug-likeness (QED) is 0.169. The summed E-state index contributed by atoms with van der Waals surface area (Å²) in [4.78, 5) is 29.3. The summed E-state index contributed by atoms with van der Waals surface area (Å²) in [6.45, 7) is 0. The number of carbonyl (C=O) groups excluding carboxylic acids is 2. The summed E-state index contributed by atoms with van der Waals surface area (Å²) in [5, 5.41) is 6.94. The van der Waals surface area contributed by atoms with Crippen LogP contribution in [0.1, 0.15) is 97.5 Å². The molecular weight excluding hydrogens is 699 g/mol. The van der Waals surface area contributed by atoms with Crippen molar-refractivity contribution in [2.45, 2.75) is 48.9 Å². The van der Waals surface area contributed by atoms with E-state index in [1.165, 1.54) is 44.0 Å². The molecule has 1 saturated carbocycles. The van der Waals surface area contributed by atoms with Gasteiger partial charge in [-0.15, -0.1) is 0 Å². The first-order valence-electron chi connectivity index (χ1n) is 20.6. The van der Waals surface area contributed by atoms with Crippen molar-refractivity contribution in [2.75, 3.05) is 0 Å². The molecule has 6 aliphatic carbocycles. The molecule has 7 aromatic carbocycles. The number of hydrogen-bond acceptors (Lipinski definition) is 3. The van der Waals surface area contributed by atoms with E-state index in [2.05, 4.69) is 120 Å². The maximum atomic E-state index is 15.1. The summed E-state index contributed by atoms with van der Waals surface area (Å²) in [5.74, 6) is 0.968. The Hall–Kier alpha value is -6.52. The van der Waals surface area contributed by atoms with Gasteiger partial charge in [0, 0.05) is 60.7 Å². The number of aromatic nitrogens is 1. The first-order chi connectivity index (χ1) is 28.1. The van der Waals surface area contributed by atoms with E-state index in [0.29, 0.717) is 11.7 Å². The van der Waals surface area contributed by atoms with Crippen molar-refractivity contribution in [3.63, 3.8) is 0 Å². The van der Waals surface area contributed by atoms with Crippen molar-refractivity contribution < 1.29 is 14.0 Å². The van der Waals surface area contributed by atoms with Gasteiger partial charge >= 0.3 is 0 Å². The van der Waals surface area contributed by atoms with Crippen molar-refractivity contribution in [3.05, 3.63) is 172 Å². The zero-order chi connectivity index (χ0) is 37.1. The number of para-hydroxylation sites is 1. The minimum absolute atomic E-state index is 0.114. The van der Waals surface area contributed by atoms with Gasteiger partial charge < -0.3 is 8.82 Å². The van der Waals surface area contributed by atoms with Crippen LogP contribution in [0.15, 0.2) is 132 Å². The lowest BCUT2D eigenvalue weighted by atomic mass is 9.52. The van der Waals surface area contributed by atoms with Crippen LogP contribution in [-0.2, 0) is 5.41 Å². The van der Waals surface area contributed by atoms with Crippen LogP contribution in [0, 0.1) is 5.92 Å². The Kier molecular flexibility index (Phi) is 5.06. The molecule has 57 heavy (non-hydrogen) atoms. The van der Waals surface area contributed by atoms with Gasteiger partial charge in [0.05, 0.1) is 22.5 Å². The largest absolute Gasteiger partial charge is 0.456 e. The van der Waals surface area contributed by atoms with E-state index in [4.69, 9.17) is 4.42 Å². The summed E-state index contributed by atoms with van der Waals surface area (Å²) >= 11 is 0. The van der Waals surface area contributed by atoms with Crippen LogP contribution < -0.4 is 0 Å². The summed E-state index contributed by atoms with van der Waals surface area (Å²) in [5.41, 5.74) is 16.1. The second-order valence-electron chi connectivity index (χ2n) is 17.6. The predicted octanol–water partition coefficient (Wildman–Crippen LogP) is 12.6. The highest BCUT2D eigenvalue weighted by Gasteiger charge is 2.68. The molecule has 4 heteroatoms. The van der Waals surface area contributed by atoms with Gasteiger partial charge in [-0.1, -0.05) is 78.9 Å². The average Bonchev–Trinajstić information content (AvgIpc) is 3.98. The fourth-order valence-electron chi connectivity index (χ4n) is 13.2. The molecular formula is C53H33NO3. The van der Waals surface area contributed by atoms with Crippen molar-refractivity contribution in [2.24, 2.45) is 5.92 Å². The smallest absolute Gasteiger partial charge is 0.171 e. The highest BCUT2D eigenvalue weighted by molar-refractivity contribution is 6.27. The molecule has 3 aromatic heterocycles.